The van der Waals surface area contributed by atoms with Crippen molar-refractivity contribution in [2.75, 3.05) is 86.8 Å². The number of hydrogen-bond acceptors (Lipinski definition) is 27. The number of imidazole rings is 2. The molecule has 10 heterocycles. The summed E-state index contributed by atoms with van der Waals surface area (Å²) in [5, 5.41) is 41.7. The highest BCUT2D eigenvalue weighted by Gasteiger charge is 2.17. The Labute approximate surface area is 613 Å². The number of aldehydes is 1. The molecule has 0 saturated carbocycles. The Hall–Kier alpha value is -11.4. The molecule has 10 aromatic heterocycles. The van der Waals surface area contributed by atoms with E-state index in [4.69, 9.17) is 65.0 Å². The van der Waals surface area contributed by atoms with Gasteiger partial charge in [0.2, 0.25) is 23.7 Å². The van der Waals surface area contributed by atoms with Crippen molar-refractivity contribution in [1.29, 1.82) is 0 Å². The molecule has 0 atom stereocenters. The number of alkyl carbamates (subject to hydrolysis) is 1. The number of aromatic amines is 2. The van der Waals surface area contributed by atoms with Gasteiger partial charge in [-0.05, 0) is 107 Å². The van der Waals surface area contributed by atoms with Crippen LogP contribution in [0.3, 0.4) is 0 Å². The fourth-order valence-electron chi connectivity index (χ4n) is 9.04. The third kappa shape index (κ3) is 21.5. The maximum atomic E-state index is 12.2. The molecule has 2 aromatic carbocycles. The van der Waals surface area contributed by atoms with Crippen molar-refractivity contribution >= 4 is 154 Å². The summed E-state index contributed by atoms with van der Waals surface area (Å²) in [7, 11) is 5.79. The van der Waals surface area contributed by atoms with Crippen LogP contribution in [0.15, 0.2) is 145 Å². The van der Waals surface area contributed by atoms with Gasteiger partial charge in [-0.2, -0.15) is 19.9 Å². The number of carboxylic acid groups (broad SMARTS) is 2. The van der Waals surface area contributed by atoms with Gasteiger partial charge in [0.1, 0.15) is 30.9 Å². The van der Waals surface area contributed by atoms with E-state index in [1.54, 1.807) is 40.1 Å². The van der Waals surface area contributed by atoms with E-state index >= 15 is 0 Å². The summed E-state index contributed by atoms with van der Waals surface area (Å²) >= 11 is 9.20. The van der Waals surface area contributed by atoms with Crippen LogP contribution in [0, 0.1) is 13.1 Å². The highest BCUT2D eigenvalue weighted by molar-refractivity contribution is 7.25. The van der Waals surface area contributed by atoms with Crippen molar-refractivity contribution in [3.05, 3.63) is 205 Å². The number of benzene rings is 2. The summed E-state index contributed by atoms with van der Waals surface area (Å²) in [6.45, 7) is 17.5. The van der Waals surface area contributed by atoms with Gasteiger partial charge in [0.05, 0.1) is 65.4 Å². The molecule has 530 valence electrons. The van der Waals surface area contributed by atoms with Gasteiger partial charge in [0.25, 0.3) is 11.4 Å². The molecule has 0 bridgehead atoms. The fraction of sp³-hybridized carbons (Fsp3) is 0.188. The molecule has 13 N–H and O–H groups in total. The number of fused-ring (bicyclic) bond motifs is 2. The van der Waals surface area contributed by atoms with Gasteiger partial charge in [0.15, 0.2) is 17.6 Å². The van der Waals surface area contributed by atoms with Crippen molar-refractivity contribution in [3.8, 4) is 41.0 Å². The first-order valence-corrected chi connectivity index (χ1v) is 35.7. The van der Waals surface area contributed by atoms with Crippen LogP contribution in [0.1, 0.15) is 41.7 Å². The Morgan fingerprint density at radius 1 is 0.534 bits per heavy atom. The number of carboxylic acids is 2. The number of rotatable bonds is 27. The van der Waals surface area contributed by atoms with Crippen LogP contribution in [-0.2, 0) is 40.6 Å². The lowest BCUT2D eigenvalue weighted by molar-refractivity contribution is -0.133. The smallest absolute Gasteiger partial charge is 0.407 e. The molecule has 0 saturated heterocycles. The highest BCUT2D eigenvalue weighted by atomic mass is 32.1. The topological polar surface area (TPSA) is 394 Å². The molecule has 28 nitrogen and oxygen atoms in total. The fourth-order valence-corrected chi connectivity index (χ4v) is 15.0. The lowest BCUT2D eigenvalue weighted by Crippen LogP contribution is -2.28. The van der Waals surface area contributed by atoms with E-state index in [1.807, 2.05) is 151 Å². The number of nitrogens with one attached hydrogen (secondary N) is 3. The Kier molecular flexibility index (Phi) is 27.4. The Bertz CT molecular complexity index is 4980. The summed E-state index contributed by atoms with van der Waals surface area (Å²) in [5.74, 6) is -1.52. The number of aliphatic hydroxyl groups excluding tert-OH is 2. The Morgan fingerprint density at radius 3 is 1.30 bits per heavy atom. The number of amides is 1. The van der Waals surface area contributed by atoms with E-state index in [1.165, 1.54) is 58.8 Å². The van der Waals surface area contributed by atoms with E-state index in [0.717, 1.165) is 82.6 Å². The second-order valence-electron chi connectivity index (χ2n) is 21.6. The van der Waals surface area contributed by atoms with Crippen LogP contribution >= 0.6 is 68.0 Å². The molecule has 0 spiro atoms. The molecule has 0 unspecified atom stereocenters. The van der Waals surface area contributed by atoms with Gasteiger partial charge in [-0.15, -0.1) is 68.0 Å². The van der Waals surface area contributed by atoms with Crippen molar-refractivity contribution in [2.45, 2.75) is 26.3 Å². The van der Waals surface area contributed by atoms with Gasteiger partial charge in [-0.1, -0.05) is 48.5 Å². The molecule has 0 aliphatic rings. The van der Waals surface area contributed by atoms with E-state index < -0.39 is 18.0 Å². The van der Waals surface area contributed by atoms with E-state index in [-0.39, 0.29) is 49.7 Å². The first kappa shape index (κ1) is 75.8. The van der Waals surface area contributed by atoms with Crippen LogP contribution in [0.25, 0.3) is 73.4 Å². The molecule has 12 rings (SSSR count). The largest absolute Gasteiger partial charge is 0.486 e. The van der Waals surface area contributed by atoms with E-state index in [9.17, 15) is 19.2 Å². The number of nitrogens with zero attached hydrogens (tertiary/aromatic N) is 11. The van der Waals surface area contributed by atoms with Crippen LogP contribution in [-0.4, -0.2) is 145 Å². The summed E-state index contributed by atoms with van der Waals surface area (Å²) in [4.78, 5) is 95.6. The maximum absolute atomic E-state index is 12.2. The number of likely N-dealkylation sites (N-methyl/N-ethyl adjacent to an activating group) is 3. The standard InChI is InChI=1S/C29H26N8O5S2.C15H14N2O3S2.C13H14N6O.C12H13NO2S2/c1-31-20(27(38)39)13-19-7-8-21(43-19)22-9-10-23(44-22)37(2)11-12-41-29(40)32-14-17-3-5-18(6-4-17)15-42-26-24-25(34-16-33-24)35-28(30)36-26;1-16-11(15(19)20)9-10-3-4-12(21-10)13-5-6-14(22-13)17(2)7-8-18;14-5-8-1-3-9(4-2-8)6-20-12-10-11(17-7-16-10)18-13(15)19-12;1-13(6-7-14)12-5-4-11(17-12)10-3-2-9(8-15)16-10/h3-10,13,16H,11-12,14-15H2,2H3,(H,32,40)(H,38,39)(H3,30,33,34,35,36);3-6,9,18H,7-8H2,2H3,(H,19,20);1-4,7H,5-6,14H2,(H3,15,16,17,18,19);2-5,8,14H,6-7H2,1H3/b20-13-;11-9-;;. The second kappa shape index (κ2) is 37.3. The number of H-pyrrole nitrogens is 2. The zero-order chi connectivity index (χ0) is 73.4. The van der Waals surface area contributed by atoms with Crippen molar-refractivity contribution in [2.24, 2.45) is 5.73 Å². The highest BCUT2D eigenvalue weighted by Crippen LogP contribution is 2.40. The van der Waals surface area contributed by atoms with Gasteiger partial charge < -0.3 is 81.8 Å². The number of thiophene rings is 6. The third-order valence-corrected chi connectivity index (χ3v) is 21.7. The minimum atomic E-state index is -1.24. The number of ether oxygens (including phenoxy) is 3. The van der Waals surface area contributed by atoms with Crippen molar-refractivity contribution in [1.82, 2.24) is 45.2 Å². The number of nitrogens with two attached hydrogens (primary N) is 3. The zero-order valence-electron chi connectivity index (χ0n) is 55.3. The normalized spacial score (nSPS) is 11.0. The van der Waals surface area contributed by atoms with Crippen LogP contribution < -0.4 is 46.7 Å². The molecule has 0 radical (unpaired) electrons. The van der Waals surface area contributed by atoms with Gasteiger partial charge in [-0.3, -0.25) is 14.4 Å². The summed E-state index contributed by atoms with van der Waals surface area (Å²) in [6.07, 6.45) is 6.15. The number of carbonyl (C=O) groups is 4. The lowest BCUT2D eigenvalue weighted by atomic mass is 10.1. The molecule has 0 aliphatic carbocycles. The maximum Gasteiger partial charge on any atom is 0.407 e. The SMILES string of the molecule is CN(CCO)c1ccc(-c2ccc(C=O)s2)s1.NCc1ccc(COc2nc(N)nc3nc[nH]c23)cc1.[C-]#[N+]/C(=C\c1ccc(-c2ccc(N(C)CCO)s2)s1)C(=O)O.[C-]#[N+]/C(=C\c1ccc(-c2ccc(N(C)CCOC(=O)NCc3ccc(COc4nc(N)nc5nc[nH]c45)cc3)s2)s1)C(=O)O. The molecule has 1 amide bonds. The molecular formula is C69H67N17O11S6. The quantitative estimate of drug-likeness (QED) is 0.0130. The minimum Gasteiger partial charge on any atom is -0.486 e. The third-order valence-electron chi connectivity index (χ3n) is 14.4. The van der Waals surface area contributed by atoms with Crippen LogP contribution in [0.2, 0.25) is 0 Å². The minimum absolute atomic E-state index is 0.0800. The second-order valence-corrected chi connectivity index (χ2v) is 28.2. The van der Waals surface area contributed by atoms with Crippen molar-refractivity contribution in [3.63, 3.8) is 0 Å². The van der Waals surface area contributed by atoms with E-state index in [2.05, 4.69) is 54.9 Å². The van der Waals surface area contributed by atoms with Gasteiger partial charge >= 0.3 is 18.0 Å². The number of aromatic nitrogens is 8. The van der Waals surface area contributed by atoms with E-state index in [0.29, 0.717) is 78.3 Å². The first-order valence-electron chi connectivity index (χ1n) is 30.8. The van der Waals surface area contributed by atoms with Gasteiger partial charge in [0, 0.05) is 86.3 Å². The number of aliphatic carboxylic acids is 2. The van der Waals surface area contributed by atoms with Crippen LogP contribution in [0.4, 0.5) is 31.7 Å². The molecular weight excluding hydrogens is 1440 g/mol. The first-order chi connectivity index (χ1) is 49.8. The number of aliphatic hydroxyl groups is 2. The van der Waals surface area contributed by atoms with Crippen LogP contribution in [0.5, 0.6) is 11.8 Å². The summed E-state index contributed by atoms with van der Waals surface area (Å²) < 4.78 is 16.8. The Balaban J connectivity index is 0.000000174. The van der Waals surface area contributed by atoms with Gasteiger partial charge in [-0.25, -0.2) is 24.5 Å². The number of carbonyl (C=O) groups excluding carboxylic acids is 2. The number of nitrogen functional groups attached to an aromatic ring is 2. The molecule has 103 heavy (non-hydrogen) atoms. The predicted molar refractivity (Wildman–Crippen MR) is 407 cm³/mol. The van der Waals surface area contributed by atoms with Crippen molar-refractivity contribution < 1.29 is 53.8 Å². The zero-order valence-corrected chi connectivity index (χ0v) is 60.2. The summed E-state index contributed by atoms with van der Waals surface area (Å²) in [6, 6.07) is 38.7. The average molecular weight is 1500 g/mol. The molecule has 34 heteroatoms. The molecule has 12 aromatic rings. The number of anilines is 5. The molecule has 0 aliphatic heterocycles. The average Bonchev–Trinajstić information content (AvgIpc) is 1.68. The number of hydrogen-bond donors (Lipinski definition) is 10. The lowest BCUT2D eigenvalue weighted by Gasteiger charge is -2.17. The molecule has 0 fully saturated rings. The summed E-state index contributed by atoms with van der Waals surface area (Å²) in [5.41, 5.74) is 22.3. The Morgan fingerprint density at radius 2 is 0.913 bits per heavy atom. The predicted octanol–water partition coefficient (Wildman–Crippen LogP) is 12.0. The monoisotopic (exact) mass is 1500 g/mol.